The van der Waals surface area contributed by atoms with Crippen LogP contribution in [0.5, 0.6) is 11.5 Å². The minimum Gasteiger partial charge on any atom is -0.493 e. The summed E-state index contributed by atoms with van der Waals surface area (Å²) < 4.78 is 23.3. The highest BCUT2D eigenvalue weighted by Gasteiger charge is 2.17. The molecular weight excluding hydrogens is 492 g/mol. The minimum atomic E-state index is 0.360. The fraction of sp³-hybridized carbons (Fsp3) is 0.355. The molecule has 3 aromatic rings. The first-order chi connectivity index (χ1) is 19.2. The normalized spacial score (nSPS) is 13.3. The smallest absolute Gasteiger partial charge is 0.227 e. The Morgan fingerprint density at radius 2 is 1.79 bits per heavy atom. The number of benzene rings is 2. The zero-order valence-electron chi connectivity index (χ0n) is 22.7. The Balaban J connectivity index is 1.52. The van der Waals surface area contributed by atoms with Gasteiger partial charge in [0.05, 0.1) is 39.2 Å². The average molecular weight is 531 g/mol. The van der Waals surface area contributed by atoms with Crippen molar-refractivity contribution >= 4 is 11.6 Å². The molecule has 8 heteroatoms. The number of anilines is 2. The lowest BCUT2D eigenvalue weighted by atomic mass is 10.1. The molecule has 2 heterocycles. The first-order valence-electron chi connectivity index (χ1n) is 13.3. The van der Waals surface area contributed by atoms with Gasteiger partial charge in [-0.1, -0.05) is 30.4 Å². The van der Waals surface area contributed by atoms with Crippen molar-refractivity contribution in [2.24, 2.45) is 0 Å². The van der Waals surface area contributed by atoms with Crippen LogP contribution in [0.25, 0.3) is 11.3 Å². The topological polar surface area (TPSA) is 78.0 Å². The van der Waals surface area contributed by atoms with Gasteiger partial charge in [0.2, 0.25) is 5.95 Å². The lowest BCUT2D eigenvalue weighted by Gasteiger charge is -2.20. The van der Waals surface area contributed by atoms with E-state index in [9.17, 15) is 0 Å². The fourth-order valence-electron chi connectivity index (χ4n) is 4.48. The Morgan fingerprint density at radius 3 is 2.56 bits per heavy atom. The van der Waals surface area contributed by atoms with Crippen LogP contribution in [-0.4, -0.2) is 61.4 Å². The predicted octanol–water partition coefficient (Wildman–Crippen LogP) is 5.78. The van der Waals surface area contributed by atoms with E-state index >= 15 is 0 Å². The number of nitrogens with zero attached hydrogens (tertiary/aromatic N) is 3. The maximum atomic E-state index is 6.23. The Bertz CT molecular complexity index is 1230. The van der Waals surface area contributed by atoms with E-state index in [2.05, 4.69) is 34.4 Å². The maximum Gasteiger partial charge on any atom is 0.227 e. The van der Waals surface area contributed by atoms with Crippen molar-refractivity contribution in [2.75, 3.05) is 51.9 Å². The Labute approximate surface area is 231 Å². The molecular formula is C31H38N4O4. The Hall–Kier alpha value is -3.72. The summed E-state index contributed by atoms with van der Waals surface area (Å²) in [5.41, 5.74) is 4.51. The highest BCUT2D eigenvalue weighted by atomic mass is 16.5. The van der Waals surface area contributed by atoms with Gasteiger partial charge in [-0.25, -0.2) is 9.97 Å². The largest absolute Gasteiger partial charge is 0.493 e. The van der Waals surface area contributed by atoms with Crippen LogP contribution in [0, 0.1) is 0 Å². The molecule has 8 nitrogen and oxygen atoms in total. The summed E-state index contributed by atoms with van der Waals surface area (Å²) in [6.07, 6.45) is 7.72. The van der Waals surface area contributed by atoms with E-state index in [1.54, 1.807) is 25.5 Å². The lowest BCUT2D eigenvalue weighted by Crippen LogP contribution is -2.25. The summed E-state index contributed by atoms with van der Waals surface area (Å²) in [6, 6.07) is 13.9. The number of hydrogen-bond acceptors (Lipinski definition) is 8. The summed E-state index contributed by atoms with van der Waals surface area (Å²) in [6.45, 7) is 13.0. The van der Waals surface area contributed by atoms with E-state index in [4.69, 9.17) is 23.9 Å². The van der Waals surface area contributed by atoms with Crippen molar-refractivity contribution in [3.8, 4) is 22.8 Å². The third-order valence-electron chi connectivity index (χ3n) is 6.34. The maximum absolute atomic E-state index is 6.23. The van der Waals surface area contributed by atoms with Crippen LogP contribution >= 0.6 is 0 Å². The predicted molar refractivity (Wildman–Crippen MR) is 155 cm³/mol. The van der Waals surface area contributed by atoms with Crippen LogP contribution in [0.15, 0.2) is 74.0 Å². The number of aromatic nitrogens is 2. The molecule has 0 unspecified atom stereocenters. The van der Waals surface area contributed by atoms with Crippen molar-refractivity contribution in [3.05, 3.63) is 85.1 Å². The summed E-state index contributed by atoms with van der Waals surface area (Å²) >= 11 is 0. The Morgan fingerprint density at radius 1 is 1.00 bits per heavy atom. The van der Waals surface area contributed by atoms with Crippen LogP contribution in [0.4, 0.5) is 11.6 Å². The van der Waals surface area contributed by atoms with Crippen molar-refractivity contribution in [1.82, 2.24) is 14.9 Å². The summed E-state index contributed by atoms with van der Waals surface area (Å²) in [7, 11) is 1.64. The molecule has 1 aliphatic heterocycles. The molecule has 0 spiro atoms. The summed E-state index contributed by atoms with van der Waals surface area (Å²) in [5.74, 6) is 1.79. The molecule has 1 fully saturated rings. The second-order valence-corrected chi connectivity index (χ2v) is 9.26. The number of ether oxygens (including phenoxy) is 4. The first kappa shape index (κ1) is 28.3. The fourth-order valence-corrected chi connectivity index (χ4v) is 4.48. The second kappa shape index (κ2) is 15.0. The molecule has 0 saturated carbocycles. The monoisotopic (exact) mass is 530 g/mol. The van der Waals surface area contributed by atoms with Crippen LogP contribution in [-0.2, 0) is 22.7 Å². The van der Waals surface area contributed by atoms with Crippen molar-refractivity contribution in [2.45, 2.75) is 26.1 Å². The summed E-state index contributed by atoms with van der Waals surface area (Å²) in [5, 5.41) is 3.33. The minimum absolute atomic E-state index is 0.360. The number of nitrogens with one attached hydrogen (secondary N) is 1. The third kappa shape index (κ3) is 8.38. The quantitative estimate of drug-likeness (QED) is 0.185. The van der Waals surface area contributed by atoms with E-state index in [1.807, 2.05) is 36.4 Å². The molecule has 1 aromatic heterocycles. The molecule has 0 atom stereocenters. The van der Waals surface area contributed by atoms with Crippen LogP contribution < -0.4 is 14.8 Å². The molecule has 1 saturated heterocycles. The van der Waals surface area contributed by atoms with Gasteiger partial charge >= 0.3 is 0 Å². The molecule has 0 radical (unpaired) electrons. The van der Waals surface area contributed by atoms with E-state index in [0.29, 0.717) is 50.5 Å². The average Bonchev–Trinajstić information content (AvgIpc) is 3.48. The van der Waals surface area contributed by atoms with Gasteiger partial charge < -0.3 is 24.3 Å². The molecule has 206 valence electrons. The molecule has 1 aliphatic rings. The highest BCUT2D eigenvalue weighted by molar-refractivity contribution is 5.65. The molecule has 2 aromatic carbocycles. The van der Waals surface area contributed by atoms with E-state index in [-0.39, 0.29) is 0 Å². The number of hydrogen-bond donors (Lipinski definition) is 1. The van der Waals surface area contributed by atoms with Gasteiger partial charge in [0.15, 0.2) is 11.5 Å². The summed E-state index contributed by atoms with van der Waals surface area (Å²) in [4.78, 5) is 11.6. The van der Waals surface area contributed by atoms with Crippen LogP contribution in [0.1, 0.15) is 24.0 Å². The van der Waals surface area contributed by atoms with E-state index in [1.165, 1.54) is 12.8 Å². The molecule has 39 heavy (non-hydrogen) atoms. The van der Waals surface area contributed by atoms with Gasteiger partial charge in [-0.3, -0.25) is 4.90 Å². The van der Waals surface area contributed by atoms with Crippen molar-refractivity contribution in [1.29, 1.82) is 0 Å². The van der Waals surface area contributed by atoms with Gasteiger partial charge in [0.1, 0.15) is 6.61 Å². The molecule has 4 rings (SSSR count). The lowest BCUT2D eigenvalue weighted by molar-refractivity contribution is 0.143. The zero-order chi connectivity index (χ0) is 27.3. The molecule has 0 amide bonds. The number of methoxy groups -OCH3 is 1. The molecule has 0 aliphatic carbocycles. The Kier molecular flexibility index (Phi) is 10.9. The molecule has 1 N–H and O–H groups in total. The standard InChI is InChI=1S/C31H38N4O4/c1-4-16-37-22-24-9-8-10-25(19-24)28-11-12-32-31(34-28)33-27-20-26(23-38-17-5-2)30(29(21-27)36-3)39-18-15-35-13-6-7-14-35/h4-5,8-12,19-21H,1-2,6-7,13-18,22-23H2,3H3,(H,32,33,34). The third-order valence-corrected chi connectivity index (χ3v) is 6.34. The van der Waals surface area contributed by atoms with Crippen molar-refractivity contribution in [3.63, 3.8) is 0 Å². The number of rotatable bonds is 16. The highest BCUT2D eigenvalue weighted by Crippen LogP contribution is 2.36. The van der Waals surface area contributed by atoms with E-state index < -0.39 is 0 Å². The van der Waals surface area contributed by atoms with Crippen molar-refractivity contribution < 1.29 is 18.9 Å². The van der Waals surface area contributed by atoms with Gasteiger partial charge in [-0.15, -0.1) is 13.2 Å². The SMILES string of the molecule is C=CCOCc1cccc(-c2ccnc(Nc3cc(COCC=C)c(OCCN4CCCC4)c(OC)c3)n2)c1. The van der Waals surface area contributed by atoms with Crippen LogP contribution in [0.2, 0.25) is 0 Å². The molecule has 0 bridgehead atoms. The van der Waals surface area contributed by atoms with Crippen LogP contribution in [0.3, 0.4) is 0 Å². The van der Waals surface area contributed by atoms with E-state index in [0.717, 1.165) is 47.7 Å². The van der Waals surface area contributed by atoms with Gasteiger partial charge in [-0.2, -0.15) is 0 Å². The van der Waals surface area contributed by atoms with Gasteiger partial charge in [-0.05, 0) is 49.7 Å². The zero-order valence-corrected chi connectivity index (χ0v) is 22.7. The number of likely N-dealkylation sites (tertiary alicyclic amines) is 1. The van der Waals surface area contributed by atoms with Gasteiger partial charge in [0, 0.05) is 35.6 Å². The first-order valence-corrected chi connectivity index (χ1v) is 13.3. The van der Waals surface area contributed by atoms with Gasteiger partial charge in [0.25, 0.3) is 0 Å². The second-order valence-electron chi connectivity index (χ2n) is 9.26.